The fraction of sp³-hybridized carbons (Fsp3) is 0.200. The van der Waals surface area contributed by atoms with Gasteiger partial charge in [0, 0.05) is 41.7 Å². The lowest BCUT2D eigenvalue weighted by molar-refractivity contribution is -0.134. The lowest BCUT2D eigenvalue weighted by Crippen LogP contribution is -2.41. The number of rotatable bonds is 3. The summed E-state index contributed by atoms with van der Waals surface area (Å²) in [5, 5.41) is 12.6. The molecule has 1 aliphatic heterocycles. The monoisotopic (exact) mass is 358 g/mol. The molecule has 4 aromatic rings. The van der Waals surface area contributed by atoms with E-state index in [1.54, 1.807) is 0 Å². The highest BCUT2D eigenvalue weighted by Crippen LogP contribution is 2.29. The van der Waals surface area contributed by atoms with E-state index < -0.39 is 6.04 Å². The number of amides is 1. The molecule has 7 nitrogen and oxygen atoms in total. The lowest BCUT2D eigenvalue weighted by atomic mass is 10.0. The first kappa shape index (κ1) is 15.7. The normalized spacial score (nSPS) is 14.9. The van der Waals surface area contributed by atoms with Crippen LogP contribution >= 0.6 is 0 Å². The van der Waals surface area contributed by atoms with Crippen LogP contribution in [0.5, 0.6) is 0 Å². The van der Waals surface area contributed by atoms with E-state index in [9.17, 15) is 4.79 Å². The third kappa shape index (κ3) is 2.68. The summed E-state index contributed by atoms with van der Waals surface area (Å²) in [6.07, 6.45) is 2.31. The second-order valence-corrected chi connectivity index (χ2v) is 6.74. The predicted molar refractivity (Wildman–Crippen MR) is 99.8 cm³/mol. The van der Waals surface area contributed by atoms with Gasteiger partial charge in [-0.2, -0.15) is 0 Å². The van der Waals surface area contributed by atoms with Gasteiger partial charge in [0.1, 0.15) is 6.33 Å². The summed E-state index contributed by atoms with van der Waals surface area (Å²) in [6, 6.07) is 17.3. The topological polar surface area (TPSA) is 79.7 Å². The van der Waals surface area contributed by atoms with Gasteiger partial charge < -0.3 is 9.88 Å². The van der Waals surface area contributed by atoms with Gasteiger partial charge in [0.05, 0.1) is 0 Å². The molecule has 2 aromatic heterocycles. The predicted octanol–water partition coefficient (Wildman–Crippen LogP) is 2.33. The molecule has 1 N–H and O–H groups in total. The molecule has 1 aliphatic rings. The SMILES string of the molecule is O=C([C@@H](c1ccccc1)n1cnnn1)N1CCc2[nH]c3ccccc3c2C1. The standard InChI is InChI=1S/C20H18N6O/c27-20(19(26-13-21-23-24-26)14-6-2-1-3-7-14)25-11-10-18-16(12-25)15-8-4-5-9-17(15)22-18/h1-9,13,19,22H,10-12H2/t19-/m1/s1. The number of hydrogen-bond acceptors (Lipinski definition) is 4. The average molecular weight is 358 g/mol. The highest BCUT2D eigenvalue weighted by molar-refractivity contribution is 5.87. The van der Waals surface area contributed by atoms with Crippen molar-refractivity contribution in [2.75, 3.05) is 6.54 Å². The zero-order chi connectivity index (χ0) is 18.2. The Morgan fingerprint density at radius 3 is 2.70 bits per heavy atom. The third-order valence-corrected chi connectivity index (χ3v) is 5.17. The molecule has 1 atom stereocenters. The van der Waals surface area contributed by atoms with Gasteiger partial charge >= 0.3 is 0 Å². The number of para-hydroxylation sites is 1. The van der Waals surface area contributed by atoms with Gasteiger partial charge in [-0.25, -0.2) is 4.68 Å². The van der Waals surface area contributed by atoms with E-state index in [4.69, 9.17) is 0 Å². The van der Waals surface area contributed by atoms with Crippen molar-refractivity contribution < 1.29 is 4.79 Å². The van der Waals surface area contributed by atoms with Crippen molar-refractivity contribution in [3.63, 3.8) is 0 Å². The van der Waals surface area contributed by atoms with E-state index in [0.717, 1.165) is 17.5 Å². The highest BCUT2D eigenvalue weighted by atomic mass is 16.2. The van der Waals surface area contributed by atoms with Gasteiger partial charge in [-0.05, 0) is 22.1 Å². The maximum absolute atomic E-state index is 13.5. The van der Waals surface area contributed by atoms with Gasteiger partial charge in [-0.3, -0.25) is 4.79 Å². The van der Waals surface area contributed by atoms with Crippen LogP contribution in [0.25, 0.3) is 10.9 Å². The summed E-state index contributed by atoms with van der Waals surface area (Å²) >= 11 is 0. The Labute approximate surface area is 155 Å². The van der Waals surface area contributed by atoms with Crippen molar-refractivity contribution in [1.82, 2.24) is 30.1 Å². The van der Waals surface area contributed by atoms with E-state index in [2.05, 4.69) is 32.6 Å². The maximum Gasteiger partial charge on any atom is 0.252 e. The maximum atomic E-state index is 13.5. The van der Waals surface area contributed by atoms with E-state index in [1.165, 1.54) is 27.7 Å². The number of nitrogens with zero attached hydrogens (tertiary/aromatic N) is 5. The number of carbonyl (C=O) groups excluding carboxylic acids is 1. The zero-order valence-corrected chi connectivity index (χ0v) is 14.6. The van der Waals surface area contributed by atoms with Crippen molar-refractivity contribution in [3.05, 3.63) is 77.7 Å². The van der Waals surface area contributed by atoms with E-state index >= 15 is 0 Å². The number of aromatic nitrogens is 5. The molecule has 3 heterocycles. The summed E-state index contributed by atoms with van der Waals surface area (Å²) in [6.45, 7) is 1.26. The molecule has 0 radical (unpaired) electrons. The van der Waals surface area contributed by atoms with Crippen LogP contribution in [0, 0.1) is 0 Å². The second-order valence-electron chi connectivity index (χ2n) is 6.74. The molecule has 1 amide bonds. The molecule has 134 valence electrons. The lowest BCUT2D eigenvalue weighted by Gasteiger charge is -2.30. The quantitative estimate of drug-likeness (QED) is 0.610. The molecule has 0 fully saturated rings. The molecule has 0 bridgehead atoms. The van der Waals surface area contributed by atoms with E-state index in [1.807, 2.05) is 47.4 Å². The molecule has 27 heavy (non-hydrogen) atoms. The Morgan fingerprint density at radius 2 is 1.89 bits per heavy atom. The van der Waals surface area contributed by atoms with Crippen molar-refractivity contribution in [2.45, 2.75) is 19.0 Å². The molecular formula is C20H18N6O. The first-order valence-corrected chi connectivity index (χ1v) is 8.96. The third-order valence-electron chi connectivity index (χ3n) is 5.17. The largest absolute Gasteiger partial charge is 0.358 e. The van der Waals surface area contributed by atoms with Crippen molar-refractivity contribution in [1.29, 1.82) is 0 Å². The van der Waals surface area contributed by atoms with Gasteiger partial charge in [0.25, 0.3) is 5.91 Å². The average Bonchev–Trinajstić information content (AvgIpc) is 3.36. The van der Waals surface area contributed by atoms with Crippen LogP contribution in [0.4, 0.5) is 0 Å². The Bertz CT molecular complexity index is 1090. The van der Waals surface area contributed by atoms with Crippen molar-refractivity contribution >= 4 is 16.8 Å². The second kappa shape index (κ2) is 6.35. The molecular weight excluding hydrogens is 340 g/mol. The van der Waals surface area contributed by atoms with Gasteiger partial charge in [-0.15, -0.1) is 5.10 Å². The minimum atomic E-state index is -0.562. The van der Waals surface area contributed by atoms with Crippen LogP contribution in [0.1, 0.15) is 22.9 Å². The van der Waals surface area contributed by atoms with Gasteiger partial charge in [0.2, 0.25) is 0 Å². The van der Waals surface area contributed by atoms with Crippen LogP contribution < -0.4 is 0 Å². The Balaban J connectivity index is 1.51. The van der Waals surface area contributed by atoms with Crippen LogP contribution in [0.3, 0.4) is 0 Å². The summed E-state index contributed by atoms with van der Waals surface area (Å²) in [4.78, 5) is 18.9. The van der Waals surface area contributed by atoms with Gasteiger partial charge in [0.15, 0.2) is 6.04 Å². The highest BCUT2D eigenvalue weighted by Gasteiger charge is 2.31. The Hall–Kier alpha value is -3.48. The number of benzene rings is 2. The number of aromatic amines is 1. The number of hydrogen-bond donors (Lipinski definition) is 1. The molecule has 0 saturated carbocycles. The smallest absolute Gasteiger partial charge is 0.252 e. The number of H-pyrrole nitrogens is 1. The number of tetrazole rings is 1. The molecule has 0 spiro atoms. The fourth-order valence-corrected chi connectivity index (χ4v) is 3.86. The van der Waals surface area contributed by atoms with Crippen molar-refractivity contribution in [2.24, 2.45) is 0 Å². The Kier molecular flexibility index (Phi) is 3.71. The van der Waals surface area contributed by atoms with E-state index in [0.29, 0.717) is 13.1 Å². The minimum absolute atomic E-state index is 0.00410. The van der Waals surface area contributed by atoms with Crippen LogP contribution in [-0.2, 0) is 17.8 Å². The summed E-state index contributed by atoms with van der Waals surface area (Å²) < 4.78 is 1.53. The number of carbonyl (C=O) groups is 1. The molecule has 7 heteroatoms. The summed E-state index contributed by atoms with van der Waals surface area (Å²) in [5.74, 6) is 0.00410. The summed E-state index contributed by atoms with van der Waals surface area (Å²) in [5.41, 5.74) is 4.42. The fourth-order valence-electron chi connectivity index (χ4n) is 3.86. The van der Waals surface area contributed by atoms with Crippen LogP contribution in [0.15, 0.2) is 60.9 Å². The number of fused-ring (bicyclic) bond motifs is 3. The van der Waals surface area contributed by atoms with Crippen LogP contribution in [-0.4, -0.2) is 42.5 Å². The van der Waals surface area contributed by atoms with E-state index in [-0.39, 0.29) is 5.91 Å². The van der Waals surface area contributed by atoms with Crippen LogP contribution in [0.2, 0.25) is 0 Å². The molecule has 2 aromatic carbocycles. The first-order chi connectivity index (χ1) is 13.3. The molecule has 5 rings (SSSR count). The zero-order valence-electron chi connectivity index (χ0n) is 14.6. The number of nitrogens with one attached hydrogen (secondary N) is 1. The molecule has 0 unspecified atom stereocenters. The summed E-state index contributed by atoms with van der Waals surface area (Å²) in [7, 11) is 0. The molecule has 0 aliphatic carbocycles. The minimum Gasteiger partial charge on any atom is -0.358 e. The Morgan fingerprint density at radius 1 is 1.07 bits per heavy atom. The van der Waals surface area contributed by atoms with Crippen molar-refractivity contribution in [3.8, 4) is 0 Å². The van der Waals surface area contributed by atoms with Gasteiger partial charge in [-0.1, -0.05) is 48.5 Å². The first-order valence-electron chi connectivity index (χ1n) is 8.96. The molecule has 0 saturated heterocycles.